The van der Waals surface area contributed by atoms with Gasteiger partial charge < -0.3 is 5.32 Å². The fourth-order valence-corrected chi connectivity index (χ4v) is 3.38. The summed E-state index contributed by atoms with van der Waals surface area (Å²) in [4.78, 5) is 12.3. The van der Waals surface area contributed by atoms with E-state index in [4.69, 9.17) is 11.6 Å². The second-order valence-electron chi connectivity index (χ2n) is 5.23. The van der Waals surface area contributed by atoms with E-state index in [1.807, 2.05) is 18.2 Å². The molecule has 0 radical (unpaired) electrons. The van der Waals surface area contributed by atoms with E-state index >= 15 is 0 Å². The third-order valence-electron chi connectivity index (χ3n) is 3.49. The van der Waals surface area contributed by atoms with Crippen LogP contribution in [0.4, 0.5) is 5.69 Å². The number of rotatable bonds is 5. The second-order valence-corrected chi connectivity index (χ2v) is 7.91. The third kappa shape index (κ3) is 4.46. The number of nitrogens with one attached hydrogen (secondary N) is 1. The lowest BCUT2D eigenvalue weighted by Crippen LogP contribution is -2.10. The van der Waals surface area contributed by atoms with E-state index in [9.17, 15) is 13.2 Å². The van der Waals surface area contributed by atoms with Crippen LogP contribution in [0.3, 0.4) is 0 Å². The number of benzene rings is 2. The summed E-state index contributed by atoms with van der Waals surface area (Å²) in [5, 5.41) is 3.24. The van der Waals surface area contributed by atoms with E-state index in [0.717, 1.165) is 11.1 Å². The average Bonchev–Trinajstić information content (AvgIpc) is 2.55. The van der Waals surface area contributed by atoms with Crippen LogP contribution in [0.15, 0.2) is 59.5 Å². The molecule has 24 heavy (non-hydrogen) atoms. The molecule has 0 saturated carbocycles. The number of allylic oxidation sites excluding steroid dienone is 1. The topological polar surface area (TPSA) is 63.2 Å². The molecule has 126 valence electrons. The van der Waals surface area contributed by atoms with Crippen molar-refractivity contribution in [2.24, 2.45) is 0 Å². The lowest BCUT2D eigenvalue weighted by Gasteiger charge is -2.07. The Balaban J connectivity index is 2.20. The van der Waals surface area contributed by atoms with E-state index in [0.29, 0.717) is 10.7 Å². The molecule has 0 heterocycles. The van der Waals surface area contributed by atoms with Crippen molar-refractivity contribution in [3.05, 3.63) is 65.2 Å². The van der Waals surface area contributed by atoms with Crippen LogP contribution in [-0.4, -0.2) is 20.1 Å². The maximum absolute atomic E-state index is 12.2. The molecular weight excluding hydrogens is 346 g/mol. The molecule has 0 fully saturated rings. The van der Waals surface area contributed by atoms with Crippen LogP contribution in [0, 0.1) is 0 Å². The van der Waals surface area contributed by atoms with Crippen LogP contribution in [0.1, 0.15) is 19.4 Å². The normalized spacial score (nSPS) is 12.0. The average molecular weight is 364 g/mol. The molecule has 1 N–H and O–H groups in total. The van der Waals surface area contributed by atoms with Gasteiger partial charge in [-0.1, -0.05) is 42.8 Å². The Labute approximate surface area is 147 Å². The fraction of sp³-hybridized carbons (Fsp3) is 0.167. The lowest BCUT2D eigenvalue weighted by atomic mass is 10.1. The maximum atomic E-state index is 12.2. The molecule has 0 aliphatic carbocycles. The number of amides is 1. The van der Waals surface area contributed by atoms with Gasteiger partial charge in [0.1, 0.15) is 0 Å². The number of sulfone groups is 1. The smallest absolute Gasteiger partial charge is 0.248 e. The predicted molar refractivity (Wildman–Crippen MR) is 97.9 cm³/mol. The first-order chi connectivity index (χ1) is 11.3. The van der Waals surface area contributed by atoms with Crippen molar-refractivity contribution in [2.75, 3.05) is 11.1 Å². The predicted octanol–water partition coefficient (Wildman–Crippen LogP) is 4.18. The zero-order valence-corrected chi connectivity index (χ0v) is 15.0. The van der Waals surface area contributed by atoms with E-state index in [2.05, 4.69) is 5.32 Å². The number of hydrogen-bond acceptors (Lipinski definition) is 3. The molecule has 4 nitrogen and oxygen atoms in total. The summed E-state index contributed by atoms with van der Waals surface area (Å²) in [6.45, 7) is 3.37. The largest absolute Gasteiger partial charge is 0.322 e. The minimum atomic E-state index is -3.31. The summed E-state index contributed by atoms with van der Waals surface area (Å²) in [6.07, 6.45) is 1.43. The molecular formula is C18H18ClNO3S. The van der Waals surface area contributed by atoms with Crippen molar-refractivity contribution >= 4 is 38.6 Å². The Morgan fingerprint density at radius 1 is 1.17 bits per heavy atom. The first-order valence-electron chi connectivity index (χ1n) is 7.40. The van der Waals surface area contributed by atoms with Crippen LogP contribution in [0.25, 0.3) is 5.57 Å². The Hall–Kier alpha value is -2.11. The molecule has 0 bridgehead atoms. The molecule has 0 aliphatic rings. The lowest BCUT2D eigenvalue weighted by molar-refractivity contribution is -0.111. The van der Waals surface area contributed by atoms with Crippen LogP contribution in [0.5, 0.6) is 0 Å². The third-order valence-corrected chi connectivity index (χ3v) is 5.55. The zero-order valence-electron chi connectivity index (χ0n) is 13.4. The number of carbonyl (C=O) groups excluding carboxylic acids is 1. The van der Waals surface area contributed by atoms with Gasteiger partial charge in [0.25, 0.3) is 0 Å². The van der Waals surface area contributed by atoms with E-state index in [-0.39, 0.29) is 16.6 Å². The van der Waals surface area contributed by atoms with Gasteiger partial charge in [0, 0.05) is 16.8 Å². The quantitative estimate of drug-likeness (QED) is 0.810. The zero-order chi connectivity index (χ0) is 17.7. The molecule has 0 spiro atoms. The van der Waals surface area contributed by atoms with Gasteiger partial charge >= 0.3 is 0 Å². The number of carbonyl (C=O) groups is 1. The first kappa shape index (κ1) is 18.2. The Kier molecular flexibility index (Phi) is 5.80. The van der Waals surface area contributed by atoms with Gasteiger partial charge in [-0.3, -0.25) is 4.79 Å². The summed E-state index contributed by atoms with van der Waals surface area (Å²) in [6, 6.07) is 13.5. The van der Waals surface area contributed by atoms with Crippen LogP contribution >= 0.6 is 11.6 Å². The second kappa shape index (κ2) is 7.64. The summed E-state index contributed by atoms with van der Waals surface area (Å²) in [7, 11) is -3.31. The monoisotopic (exact) mass is 363 g/mol. The van der Waals surface area contributed by atoms with Crippen molar-refractivity contribution in [2.45, 2.75) is 18.7 Å². The van der Waals surface area contributed by atoms with Crippen molar-refractivity contribution in [1.82, 2.24) is 0 Å². The molecule has 6 heteroatoms. The van der Waals surface area contributed by atoms with E-state index in [1.54, 1.807) is 32.0 Å². The molecule has 1 amide bonds. The van der Waals surface area contributed by atoms with Gasteiger partial charge in [-0.25, -0.2) is 8.42 Å². The van der Waals surface area contributed by atoms with E-state index < -0.39 is 9.84 Å². The molecule has 2 aromatic carbocycles. The van der Waals surface area contributed by atoms with Crippen molar-refractivity contribution < 1.29 is 13.2 Å². The molecule has 0 aromatic heterocycles. The highest BCUT2D eigenvalue weighted by Gasteiger charge is 2.12. The van der Waals surface area contributed by atoms with Crippen molar-refractivity contribution in [3.63, 3.8) is 0 Å². The minimum Gasteiger partial charge on any atom is -0.322 e. The SMILES string of the molecule is CCS(=O)(=O)c1cccc(NC(=O)/C=C(/C)c2ccccc2Cl)c1. The highest BCUT2D eigenvalue weighted by atomic mass is 35.5. The van der Waals surface area contributed by atoms with Gasteiger partial charge in [-0.15, -0.1) is 0 Å². The summed E-state index contributed by atoms with van der Waals surface area (Å²) >= 11 is 6.11. The maximum Gasteiger partial charge on any atom is 0.248 e. The van der Waals surface area contributed by atoms with Gasteiger partial charge in [-0.2, -0.15) is 0 Å². The van der Waals surface area contributed by atoms with Crippen molar-refractivity contribution in [1.29, 1.82) is 0 Å². The standard InChI is InChI=1S/C18H18ClNO3S/c1-3-24(22,23)15-8-6-7-14(12-15)20-18(21)11-13(2)16-9-4-5-10-17(16)19/h4-12H,3H2,1-2H3,(H,20,21)/b13-11-. The van der Waals surface area contributed by atoms with E-state index in [1.165, 1.54) is 18.2 Å². The highest BCUT2D eigenvalue weighted by molar-refractivity contribution is 7.91. The Bertz CT molecular complexity index is 889. The Morgan fingerprint density at radius 3 is 2.54 bits per heavy atom. The van der Waals surface area contributed by atoms with Crippen LogP contribution in [-0.2, 0) is 14.6 Å². The molecule has 0 aliphatic heterocycles. The summed E-state index contributed by atoms with van der Waals surface area (Å²) in [5.74, 6) is -0.339. The molecule has 0 unspecified atom stereocenters. The molecule has 0 atom stereocenters. The fourth-order valence-electron chi connectivity index (χ4n) is 2.17. The number of halogens is 1. The summed E-state index contributed by atoms with van der Waals surface area (Å²) < 4.78 is 23.8. The van der Waals surface area contributed by atoms with Gasteiger partial charge in [0.05, 0.1) is 10.6 Å². The Morgan fingerprint density at radius 2 is 1.88 bits per heavy atom. The van der Waals surface area contributed by atoms with Gasteiger partial charge in [-0.05, 0) is 42.3 Å². The van der Waals surface area contributed by atoms with Gasteiger partial charge in [0.2, 0.25) is 5.91 Å². The van der Waals surface area contributed by atoms with Crippen molar-refractivity contribution in [3.8, 4) is 0 Å². The number of anilines is 1. The van der Waals surface area contributed by atoms with Crippen LogP contribution in [0.2, 0.25) is 5.02 Å². The van der Waals surface area contributed by atoms with Gasteiger partial charge in [0.15, 0.2) is 9.84 Å². The number of hydrogen-bond donors (Lipinski definition) is 1. The van der Waals surface area contributed by atoms with Crippen LogP contribution < -0.4 is 5.32 Å². The highest BCUT2D eigenvalue weighted by Crippen LogP contribution is 2.23. The first-order valence-corrected chi connectivity index (χ1v) is 9.43. The summed E-state index contributed by atoms with van der Waals surface area (Å²) in [5.41, 5.74) is 1.92. The molecule has 2 aromatic rings. The minimum absolute atomic E-state index is 0.00984. The molecule has 0 saturated heterocycles. The molecule has 2 rings (SSSR count).